The minimum absolute atomic E-state index is 0.230. The second-order valence-corrected chi connectivity index (χ2v) is 10.00. The summed E-state index contributed by atoms with van der Waals surface area (Å²) in [5.41, 5.74) is 2.90. The quantitative estimate of drug-likeness (QED) is 0.213. The highest BCUT2D eigenvalue weighted by Gasteiger charge is 2.36. The number of thioether (sulfide) groups is 1. The topological polar surface area (TPSA) is 82.1 Å². The summed E-state index contributed by atoms with van der Waals surface area (Å²) in [7, 11) is 0. The predicted molar refractivity (Wildman–Crippen MR) is 140 cm³/mol. The van der Waals surface area contributed by atoms with Crippen molar-refractivity contribution in [2.45, 2.75) is 40.4 Å². The molecule has 1 fully saturated rings. The van der Waals surface area contributed by atoms with Crippen LogP contribution in [0.4, 0.5) is 4.79 Å². The maximum absolute atomic E-state index is 12.7. The Kier molecular flexibility index (Phi) is 9.01. The van der Waals surface area contributed by atoms with Gasteiger partial charge in [0, 0.05) is 0 Å². The molecular weight excluding hydrogens is 569 g/mol. The molecule has 9 heteroatoms. The van der Waals surface area contributed by atoms with Gasteiger partial charge < -0.3 is 14.2 Å². The van der Waals surface area contributed by atoms with Crippen LogP contribution in [-0.4, -0.2) is 41.3 Å². The fourth-order valence-corrected chi connectivity index (χ4v) is 4.75. The molecule has 0 bridgehead atoms. The number of carbonyl (C=O) groups excluding carboxylic acids is 3. The van der Waals surface area contributed by atoms with Crippen LogP contribution in [0.5, 0.6) is 11.5 Å². The Labute approximate surface area is 217 Å². The minimum Gasteiger partial charge on any atom is -0.490 e. The minimum atomic E-state index is -0.623. The Bertz CT molecular complexity index is 1110. The molecule has 7 nitrogen and oxygen atoms in total. The summed E-state index contributed by atoms with van der Waals surface area (Å²) in [5.74, 6) is 0.0161. The standard InChI is InChI=1S/C25H26INO6S/c1-5-31-20-11-18(10-19(26)23(20)32-14-17-8-6-16(4)7-9-17)12-21-24(29)27(25(30)34-21)13-22(28)33-15(2)3/h6-12,15H,5,13-14H2,1-4H3/b21-12+. The molecule has 0 spiro atoms. The van der Waals surface area contributed by atoms with Gasteiger partial charge in [-0.25, -0.2) is 0 Å². The lowest BCUT2D eigenvalue weighted by Gasteiger charge is -2.15. The summed E-state index contributed by atoms with van der Waals surface area (Å²) in [6, 6.07) is 11.7. The molecule has 34 heavy (non-hydrogen) atoms. The van der Waals surface area contributed by atoms with Crippen molar-refractivity contribution < 1.29 is 28.6 Å². The average Bonchev–Trinajstić information content (AvgIpc) is 3.01. The second-order valence-electron chi connectivity index (χ2n) is 7.84. The third kappa shape index (κ3) is 6.75. The highest BCUT2D eigenvalue weighted by atomic mass is 127. The van der Waals surface area contributed by atoms with Gasteiger partial charge in [-0.2, -0.15) is 0 Å². The van der Waals surface area contributed by atoms with Crippen LogP contribution >= 0.6 is 34.4 Å². The third-order valence-corrected chi connectivity index (χ3v) is 6.37. The molecule has 1 aliphatic rings. The zero-order chi connectivity index (χ0) is 24.8. The van der Waals surface area contributed by atoms with Crippen LogP contribution < -0.4 is 9.47 Å². The Morgan fingerprint density at radius 1 is 1.15 bits per heavy atom. The molecule has 1 aliphatic heterocycles. The molecule has 0 aromatic heterocycles. The number of rotatable bonds is 9. The molecule has 0 radical (unpaired) electrons. The number of nitrogens with zero attached hydrogens (tertiary/aromatic N) is 1. The smallest absolute Gasteiger partial charge is 0.326 e. The zero-order valence-electron chi connectivity index (χ0n) is 19.4. The Morgan fingerprint density at radius 2 is 1.85 bits per heavy atom. The van der Waals surface area contributed by atoms with Gasteiger partial charge in [-0.1, -0.05) is 29.8 Å². The normalized spacial score (nSPS) is 14.8. The molecule has 2 aromatic rings. The lowest BCUT2D eigenvalue weighted by Crippen LogP contribution is -2.35. The summed E-state index contributed by atoms with van der Waals surface area (Å²) in [4.78, 5) is 38.1. The lowest BCUT2D eigenvalue weighted by atomic mass is 10.1. The highest BCUT2D eigenvalue weighted by molar-refractivity contribution is 14.1. The summed E-state index contributed by atoms with van der Waals surface area (Å²) in [6.45, 7) is 7.74. The maximum Gasteiger partial charge on any atom is 0.326 e. The molecule has 1 heterocycles. The molecule has 0 saturated carbocycles. The number of hydrogen-bond donors (Lipinski definition) is 0. The number of benzene rings is 2. The van der Waals surface area contributed by atoms with Crippen molar-refractivity contribution in [2.24, 2.45) is 0 Å². The van der Waals surface area contributed by atoms with Gasteiger partial charge in [0.25, 0.3) is 11.1 Å². The van der Waals surface area contributed by atoms with Crippen LogP contribution in [-0.2, 0) is 20.9 Å². The largest absolute Gasteiger partial charge is 0.490 e. The van der Waals surface area contributed by atoms with Crippen LogP contribution in [0.15, 0.2) is 41.3 Å². The van der Waals surface area contributed by atoms with Gasteiger partial charge in [-0.3, -0.25) is 19.3 Å². The van der Waals surface area contributed by atoms with E-state index in [2.05, 4.69) is 22.6 Å². The molecule has 0 N–H and O–H groups in total. The fourth-order valence-electron chi connectivity index (χ4n) is 3.13. The Balaban J connectivity index is 1.80. The van der Waals surface area contributed by atoms with Crippen molar-refractivity contribution in [3.63, 3.8) is 0 Å². The summed E-state index contributed by atoms with van der Waals surface area (Å²) >= 11 is 2.95. The highest BCUT2D eigenvalue weighted by Crippen LogP contribution is 2.38. The van der Waals surface area contributed by atoms with Gasteiger partial charge in [0.15, 0.2) is 11.5 Å². The van der Waals surface area contributed by atoms with Crippen molar-refractivity contribution >= 4 is 57.5 Å². The number of imide groups is 1. The van der Waals surface area contributed by atoms with Gasteiger partial charge in [0.2, 0.25) is 0 Å². The second kappa shape index (κ2) is 11.7. The van der Waals surface area contributed by atoms with Gasteiger partial charge in [0.05, 0.1) is 21.2 Å². The molecule has 0 unspecified atom stereocenters. The molecule has 1 saturated heterocycles. The van der Waals surface area contributed by atoms with Crippen molar-refractivity contribution in [1.82, 2.24) is 4.90 Å². The number of halogens is 1. The predicted octanol–water partition coefficient (Wildman–Crippen LogP) is 5.57. The maximum atomic E-state index is 12.7. The number of hydrogen-bond acceptors (Lipinski definition) is 7. The number of ether oxygens (including phenoxy) is 3. The van der Waals surface area contributed by atoms with Crippen molar-refractivity contribution in [3.05, 3.63) is 61.6 Å². The monoisotopic (exact) mass is 595 g/mol. The fraction of sp³-hybridized carbons (Fsp3) is 0.320. The van der Waals surface area contributed by atoms with Gasteiger partial charge in [-0.15, -0.1) is 0 Å². The van der Waals surface area contributed by atoms with Crippen LogP contribution in [0.25, 0.3) is 6.08 Å². The van der Waals surface area contributed by atoms with Gasteiger partial charge in [0.1, 0.15) is 13.2 Å². The first-order chi connectivity index (χ1) is 16.2. The van der Waals surface area contributed by atoms with Crippen molar-refractivity contribution in [1.29, 1.82) is 0 Å². The first-order valence-corrected chi connectivity index (χ1v) is 12.7. The zero-order valence-corrected chi connectivity index (χ0v) is 22.4. The van der Waals surface area contributed by atoms with Crippen LogP contribution in [0.2, 0.25) is 0 Å². The van der Waals surface area contributed by atoms with E-state index in [0.29, 0.717) is 30.3 Å². The number of esters is 1. The number of amides is 2. The van der Waals surface area contributed by atoms with E-state index in [9.17, 15) is 14.4 Å². The van der Waals surface area contributed by atoms with E-state index in [1.54, 1.807) is 26.0 Å². The summed E-state index contributed by atoms with van der Waals surface area (Å²) < 4.78 is 17.7. The van der Waals surface area contributed by atoms with Gasteiger partial charge in [-0.05, 0) is 91.4 Å². The number of carbonyl (C=O) groups is 3. The molecule has 2 aromatic carbocycles. The molecule has 0 atom stereocenters. The van der Waals surface area contributed by atoms with Crippen molar-refractivity contribution in [3.8, 4) is 11.5 Å². The first kappa shape index (κ1) is 26.1. The van der Waals surface area contributed by atoms with Crippen LogP contribution in [0.3, 0.4) is 0 Å². The number of aryl methyl sites for hydroxylation is 1. The Hall–Kier alpha value is -2.53. The molecule has 180 valence electrons. The molecule has 2 amide bonds. The lowest BCUT2D eigenvalue weighted by molar-refractivity contribution is -0.149. The third-order valence-electron chi connectivity index (χ3n) is 4.66. The molecule has 0 aliphatic carbocycles. The molecular formula is C25H26INO6S. The Morgan fingerprint density at radius 3 is 2.50 bits per heavy atom. The van der Waals surface area contributed by atoms with Crippen LogP contribution in [0.1, 0.15) is 37.5 Å². The summed E-state index contributed by atoms with van der Waals surface area (Å²) in [5, 5.41) is -0.505. The first-order valence-electron chi connectivity index (χ1n) is 10.8. The van der Waals surface area contributed by atoms with E-state index >= 15 is 0 Å². The van der Waals surface area contributed by atoms with E-state index in [1.807, 2.05) is 44.2 Å². The van der Waals surface area contributed by atoms with E-state index in [1.165, 1.54) is 5.56 Å². The van der Waals surface area contributed by atoms with E-state index in [4.69, 9.17) is 14.2 Å². The van der Waals surface area contributed by atoms with E-state index < -0.39 is 23.7 Å². The van der Waals surface area contributed by atoms with E-state index in [-0.39, 0.29) is 11.0 Å². The summed E-state index contributed by atoms with van der Waals surface area (Å²) in [6.07, 6.45) is 1.29. The van der Waals surface area contributed by atoms with E-state index in [0.717, 1.165) is 25.8 Å². The average molecular weight is 595 g/mol. The SMILES string of the molecule is CCOc1cc(/C=C2/SC(=O)N(CC(=O)OC(C)C)C2=O)cc(I)c1OCc1ccc(C)cc1. The van der Waals surface area contributed by atoms with Crippen LogP contribution in [0, 0.1) is 10.5 Å². The molecule has 3 rings (SSSR count). The van der Waals surface area contributed by atoms with Crippen molar-refractivity contribution in [2.75, 3.05) is 13.2 Å². The van der Waals surface area contributed by atoms with Gasteiger partial charge >= 0.3 is 5.97 Å².